The largest absolute Gasteiger partial charge is 0.465 e. The smallest absolute Gasteiger partial charge is 0.408 e. The molecule has 0 saturated carbocycles. The van der Waals surface area contributed by atoms with E-state index in [9.17, 15) is 13.6 Å². The maximum atomic E-state index is 13.3. The molecule has 0 unspecified atom stereocenters. The van der Waals surface area contributed by atoms with Crippen molar-refractivity contribution in [3.8, 4) is 35.8 Å². The number of amides is 1. The molecule has 0 aliphatic carbocycles. The van der Waals surface area contributed by atoms with Gasteiger partial charge in [-0.25, -0.2) is 13.6 Å². The SMILES string of the molecule is CC1(C)/C(=C/C#Cc2cc(F)cc(C#N)c2)CCN1C(=O)O.CC1(C)NCC/C1=C\C#Cc1cc(F)cc(C#N)c1. The lowest BCUT2D eigenvalue weighted by Crippen LogP contribution is -2.42. The van der Waals surface area contributed by atoms with Gasteiger partial charge in [-0.15, -0.1) is 0 Å². The Balaban J connectivity index is 0.000000228. The molecule has 2 aromatic rings. The highest BCUT2D eigenvalue weighted by molar-refractivity contribution is 5.68. The molecule has 1 amide bonds. The van der Waals surface area contributed by atoms with E-state index in [2.05, 4.69) is 42.8 Å². The molecule has 208 valence electrons. The molecule has 41 heavy (non-hydrogen) atoms. The third-order valence-corrected chi connectivity index (χ3v) is 7.04. The van der Waals surface area contributed by atoms with Gasteiger partial charge in [-0.05, 0) is 107 Å². The van der Waals surface area contributed by atoms with E-state index in [1.165, 1.54) is 34.7 Å². The molecule has 0 bridgehead atoms. The van der Waals surface area contributed by atoms with Crippen LogP contribution in [-0.4, -0.2) is 40.3 Å². The standard InChI is InChI=1S/C17H15FN2O2.C16H15FN2/c1-17(2)14(6-7-20(17)16(21)22)5-3-4-12-8-13(11-19)10-15(18)9-12;1-16(2)14(6-7-19-16)5-3-4-12-8-13(11-18)10-15(17)9-12/h5,8-10H,6-7H2,1-2H3,(H,21,22);5,8-10,19H,6-7H2,1-2H3/b2*14-5+. The van der Waals surface area contributed by atoms with Gasteiger partial charge in [0.05, 0.1) is 28.8 Å². The molecule has 2 aliphatic rings. The number of benzene rings is 2. The molecule has 0 atom stereocenters. The van der Waals surface area contributed by atoms with Crippen molar-refractivity contribution in [1.82, 2.24) is 10.2 Å². The van der Waals surface area contributed by atoms with Crippen molar-refractivity contribution >= 4 is 6.09 Å². The number of nitriles is 2. The van der Waals surface area contributed by atoms with Crippen LogP contribution in [-0.2, 0) is 0 Å². The van der Waals surface area contributed by atoms with Gasteiger partial charge < -0.3 is 10.4 Å². The number of allylic oxidation sites excluding steroid dienone is 2. The van der Waals surface area contributed by atoms with Crippen molar-refractivity contribution in [2.45, 2.75) is 51.6 Å². The zero-order valence-electron chi connectivity index (χ0n) is 23.4. The summed E-state index contributed by atoms with van der Waals surface area (Å²) in [6.45, 7) is 9.29. The number of carbonyl (C=O) groups is 1. The minimum Gasteiger partial charge on any atom is -0.465 e. The van der Waals surface area contributed by atoms with E-state index in [0.29, 0.717) is 29.7 Å². The van der Waals surface area contributed by atoms with E-state index in [4.69, 9.17) is 15.6 Å². The van der Waals surface area contributed by atoms with Gasteiger partial charge in [-0.1, -0.05) is 23.7 Å². The first-order valence-electron chi connectivity index (χ1n) is 12.9. The van der Waals surface area contributed by atoms with E-state index < -0.39 is 23.3 Å². The Bertz CT molecular complexity index is 1620. The molecular weight excluding hydrogens is 522 g/mol. The highest BCUT2D eigenvalue weighted by Crippen LogP contribution is 2.33. The minimum absolute atomic E-state index is 0.0194. The quantitative estimate of drug-likeness (QED) is 0.398. The average Bonchev–Trinajstić information content (AvgIpc) is 3.40. The van der Waals surface area contributed by atoms with Crippen LogP contribution in [0.15, 0.2) is 59.7 Å². The highest BCUT2D eigenvalue weighted by Gasteiger charge is 2.39. The second-order valence-electron chi connectivity index (χ2n) is 10.6. The van der Waals surface area contributed by atoms with Crippen LogP contribution in [0.3, 0.4) is 0 Å². The summed E-state index contributed by atoms with van der Waals surface area (Å²) in [6.07, 6.45) is 4.22. The second kappa shape index (κ2) is 13.0. The van der Waals surface area contributed by atoms with Gasteiger partial charge in [0.25, 0.3) is 0 Å². The van der Waals surface area contributed by atoms with Crippen molar-refractivity contribution in [3.63, 3.8) is 0 Å². The Morgan fingerprint density at radius 2 is 1.34 bits per heavy atom. The molecule has 2 fully saturated rings. The summed E-state index contributed by atoms with van der Waals surface area (Å²) in [5.74, 6) is 10.5. The van der Waals surface area contributed by atoms with Crippen LogP contribution in [0, 0.1) is 58.0 Å². The number of carboxylic acid groups (broad SMARTS) is 1. The number of hydrogen-bond acceptors (Lipinski definition) is 4. The Morgan fingerprint density at radius 1 is 0.854 bits per heavy atom. The van der Waals surface area contributed by atoms with E-state index >= 15 is 0 Å². The Kier molecular flexibility index (Phi) is 9.70. The number of hydrogen-bond donors (Lipinski definition) is 2. The first-order chi connectivity index (χ1) is 19.3. The van der Waals surface area contributed by atoms with Crippen molar-refractivity contribution in [3.05, 3.63) is 93.6 Å². The summed E-state index contributed by atoms with van der Waals surface area (Å²) in [5.41, 5.74) is 3.00. The average molecular weight is 553 g/mol. The predicted octanol–water partition coefficient (Wildman–Crippen LogP) is 5.88. The van der Waals surface area contributed by atoms with Crippen LogP contribution in [0.1, 0.15) is 62.8 Å². The molecule has 2 N–H and O–H groups in total. The molecule has 2 saturated heterocycles. The first kappa shape index (κ1) is 30.6. The molecule has 2 aliphatic heterocycles. The summed E-state index contributed by atoms with van der Waals surface area (Å²) in [4.78, 5) is 12.5. The normalized spacial score (nSPS) is 18.2. The molecule has 2 aromatic carbocycles. The highest BCUT2D eigenvalue weighted by atomic mass is 19.1. The van der Waals surface area contributed by atoms with Crippen LogP contribution in [0.4, 0.5) is 13.6 Å². The number of rotatable bonds is 0. The Hall–Kier alpha value is -4.89. The van der Waals surface area contributed by atoms with Gasteiger partial charge >= 0.3 is 6.09 Å². The van der Waals surface area contributed by atoms with Crippen LogP contribution in [0.25, 0.3) is 0 Å². The fourth-order valence-corrected chi connectivity index (χ4v) is 4.63. The molecule has 8 heteroatoms. The molecule has 2 heterocycles. The maximum Gasteiger partial charge on any atom is 0.408 e. The van der Waals surface area contributed by atoms with Crippen molar-refractivity contribution in [2.75, 3.05) is 13.1 Å². The number of halogens is 2. The number of likely N-dealkylation sites (tertiary alicyclic amines) is 1. The van der Waals surface area contributed by atoms with E-state index in [1.807, 2.05) is 32.1 Å². The number of nitrogens with zero attached hydrogens (tertiary/aromatic N) is 3. The van der Waals surface area contributed by atoms with Crippen molar-refractivity contribution in [2.24, 2.45) is 0 Å². The summed E-state index contributed by atoms with van der Waals surface area (Å²) in [7, 11) is 0. The van der Waals surface area contributed by atoms with E-state index in [1.54, 1.807) is 12.1 Å². The zero-order chi connectivity index (χ0) is 30.2. The monoisotopic (exact) mass is 552 g/mol. The van der Waals surface area contributed by atoms with Gasteiger partial charge in [-0.3, -0.25) is 4.90 Å². The van der Waals surface area contributed by atoms with Gasteiger partial charge in [0.1, 0.15) is 11.6 Å². The molecule has 4 rings (SSSR count). The summed E-state index contributed by atoms with van der Waals surface area (Å²) in [5, 5.41) is 30.1. The lowest BCUT2D eigenvalue weighted by molar-refractivity contribution is 0.124. The lowest BCUT2D eigenvalue weighted by Gasteiger charge is -2.29. The third-order valence-electron chi connectivity index (χ3n) is 7.04. The van der Waals surface area contributed by atoms with Crippen LogP contribution in [0.2, 0.25) is 0 Å². The predicted molar refractivity (Wildman–Crippen MR) is 152 cm³/mol. The summed E-state index contributed by atoms with van der Waals surface area (Å²) in [6, 6.07) is 11.8. The van der Waals surface area contributed by atoms with Crippen LogP contribution < -0.4 is 5.32 Å². The molecule has 0 aromatic heterocycles. The zero-order valence-corrected chi connectivity index (χ0v) is 23.4. The van der Waals surface area contributed by atoms with Crippen molar-refractivity contribution < 1.29 is 18.7 Å². The van der Waals surface area contributed by atoms with Gasteiger partial charge in [0.2, 0.25) is 0 Å². The summed E-state index contributed by atoms with van der Waals surface area (Å²) < 4.78 is 26.5. The van der Waals surface area contributed by atoms with Crippen molar-refractivity contribution in [1.29, 1.82) is 10.5 Å². The fraction of sp³-hybridized carbons (Fsp3) is 0.303. The summed E-state index contributed by atoms with van der Waals surface area (Å²) >= 11 is 0. The van der Waals surface area contributed by atoms with E-state index in [-0.39, 0.29) is 11.1 Å². The van der Waals surface area contributed by atoms with Crippen LogP contribution >= 0.6 is 0 Å². The molecule has 0 radical (unpaired) electrons. The number of nitrogens with one attached hydrogen (secondary N) is 1. The first-order valence-corrected chi connectivity index (χ1v) is 12.9. The molecule has 6 nitrogen and oxygen atoms in total. The molecule has 0 spiro atoms. The lowest BCUT2D eigenvalue weighted by atomic mass is 9.95. The topological polar surface area (TPSA) is 100 Å². The van der Waals surface area contributed by atoms with Gasteiger partial charge in [0, 0.05) is 23.2 Å². The Morgan fingerprint density at radius 3 is 1.76 bits per heavy atom. The van der Waals surface area contributed by atoms with Gasteiger partial charge in [0.15, 0.2) is 0 Å². The molecular formula is C33H30F2N4O2. The van der Waals surface area contributed by atoms with E-state index in [0.717, 1.165) is 24.6 Å². The third kappa shape index (κ3) is 8.06. The van der Waals surface area contributed by atoms with Crippen LogP contribution in [0.5, 0.6) is 0 Å². The Labute approximate surface area is 239 Å². The second-order valence-corrected chi connectivity index (χ2v) is 10.6. The maximum absolute atomic E-state index is 13.3. The fourth-order valence-electron chi connectivity index (χ4n) is 4.63. The van der Waals surface area contributed by atoms with Gasteiger partial charge in [-0.2, -0.15) is 10.5 Å². The minimum atomic E-state index is -0.954.